The van der Waals surface area contributed by atoms with E-state index in [4.69, 9.17) is 4.74 Å². The van der Waals surface area contributed by atoms with Crippen molar-refractivity contribution in [2.75, 3.05) is 7.11 Å². The summed E-state index contributed by atoms with van der Waals surface area (Å²) in [6.45, 7) is 1.88. The molecule has 0 saturated carbocycles. The van der Waals surface area contributed by atoms with Crippen molar-refractivity contribution in [3.8, 4) is 11.5 Å². The Hall–Kier alpha value is -2.56. The highest BCUT2D eigenvalue weighted by molar-refractivity contribution is 5.72. The number of aromatic nitrogens is 2. The van der Waals surface area contributed by atoms with Crippen LogP contribution < -0.4 is 15.0 Å². The molecule has 0 aliphatic carbocycles. The van der Waals surface area contributed by atoms with Gasteiger partial charge < -0.3 is 9.84 Å². The second-order valence-corrected chi connectivity index (χ2v) is 4.84. The third kappa shape index (κ3) is 2.81. The average molecular weight is 287 g/mol. The van der Waals surface area contributed by atoms with Gasteiger partial charge in [-0.05, 0) is 25.1 Å². The Morgan fingerprint density at radius 3 is 2.71 bits per heavy atom. The number of hydrogen-bond donors (Lipinski definition) is 1. The number of benzene rings is 1. The summed E-state index contributed by atoms with van der Waals surface area (Å²) in [6.07, 6.45) is 3.64. The summed E-state index contributed by atoms with van der Waals surface area (Å²) >= 11 is 0. The quantitative estimate of drug-likeness (QED) is 0.868. The van der Waals surface area contributed by atoms with Crippen molar-refractivity contribution in [3.05, 3.63) is 51.7 Å². The Balaban J connectivity index is 2.48. The number of phenolic OH excluding ortho intramolecular Hbond substituents is 1. The highest BCUT2D eigenvalue weighted by Gasteiger charge is 2.12. The first-order valence-electron chi connectivity index (χ1n) is 6.56. The molecule has 2 rings (SSSR count). The number of methoxy groups -OCH3 is 1. The average Bonchev–Trinajstić information content (AvgIpc) is 2.47. The molecule has 110 valence electrons. The van der Waals surface area contributed by atoms with Gasteiger partial charge in [-0.1, -0.05) is 12.1 Å². The first-order chi connectivity index (χ1) is 9.95. The van der Waals surface area contributed by atoms with E-state index in [0.29, 0.717) is 5.75 Å². The number of aryl methyl sites for hydroxylation is 1. The fourth-order valence-electron chi connectivity index (χ4n) is 2.12. The van der Waals surface area contributed by atoms with Crippen LogP contribution in [0, 0.1) is 6.92 Å². The predicted molar refractivity (Wildman–Crippen MR) is 81.2 cm³/mol. The molecule has 0 fully saturated rings. The van der Waals surface area contributed by atoms with Crippen molar-refractivity contribution in [2.24, 2.45) is 14.1 Å². The monoisotopic (exact) mass is 287 g/mol. The molecule has 5 nitrogen and oxygen atoms in total. The minimum atomic E-state index is -0.0856. The number of phenols is 1. The lowest BCUT2D eigenvalue weighted by molar-refractivity contribution is -0.692. The normalized spacial score (nSPS) is 11.0. The van der Waals surface area contributed by atoms with Crippen LogP contribution >= 0.6 is 0 Å². The van der Waals surface area contributed by atoms with Gasteiger partial charge in [-0.3, -0.25) is 0 Å². The van der Waals surface area contributed by atoms with E-state index in [9.17, 15) is 9.90 Å². The number of ether oxygens (including phenoxy) is 1. The lowest BCUT2D eigenvalue weighted by atomic mass is 10.1. The molecule has 0 aliphatic rings. The van der Waals surface area contributed by atoms with E-state index in [1.54, 1.807) is 35.4 Å². The first kappa shape index (κ1) is 14.8. The molecule has 0 aliphatic heterocycles. The van der Waals surface area contributed by atoms with E-state index in [-0.39, 0.29) is 11.4 Å². The molecule has 0 saturated heterocycles. The molecule has 0 atom stereocenters. The van der Waals surface area contributed by atoms with Crippen molar-refractivity contribution in [1.82, 2.24) is 4.57 Å². The molecule has 1 N–H and O–H groups in total. The molecular formula is C16H19N2O3+. The van der Waals surface area contributed by atoms with Crippen LogP contribution in [0.4, 0.5) is 0 Å². The fourth-order valence-corrected chi connectivity index (χ4v) is 2.12. The van der Waals surface area contributed by atoms with Gasteiger partial charge in [0.15, 0.2) is 11.5 Å². The van der Waals surface area contributed by atoms with Gasteiger partial charge in [-0.25, -0.2) is 0 Å². The molecular weight excluding hydrogens is 268 g/mol. The van der Waals surface area contributed by atoms with Crippen LogP contribution in [0.25, 0.3) is 12.2 Å². The van der Waals surface area contributed by atoms with Crippen molar-refractivity contribution >= 4 is 12.2 Å². The maximum Gasteiger partial charge on any atom is 0.498 e. The summed E-state index contributed by atoms with van der Waals surface area (Å²) in [5.74, 6) is 0.501. The summed E-state index contributed by atoms with van der Waals surface area (Å²) in [6, 6.07) is 7.07. The highest BCUT2D eigenvalue weighted by Crippen LogP contribution is 2.30. The molecule has 0 spiro atoms. The van der Waals surface area contributed by atoms with Gasteiger partial charge >= 0.3 is 5.69 Å². The first-order valence-corrected chi connectivity index (χ1v) is 6.56. The van der Waals surface area contributed by atoms with Crippen LogP contribution in [0.3, 0.4) is 0 Å². The van der Waals surface area contributed by atoms with Crippen LogP contribution in [-0.2, 0) is 14.1 Å². The summed E-state index contributed by atoms with van der Waals surface area (Å²) < 4.78 is 8.35. The smallest absolute Gasteiger partial charge is 0.498 e. The molecule has 2 aromatic rings. The Morgan fingerprint density at radius 2 is 2.05 bits per heavy atom. The Labute approximate surface area is 123 Å². The van der Waals surface area contributed by atoms with Crippen LogP contribution in [-0.4, -0.2) is 16.8 Å². The molecule has 1 heterocycles. The van der Waals surface area contributed by atoms with Gasteiger partial charge in [0, 0.05) is 11.6 Å². The second-order valence-electron chi connectivity index (χ2n) is 4.84. The van der Waals surface area contributed by atoms with Crippen LogP contribution in [0.15, 0.2) is 29.1 Å². The summed E-state index contributed by atoms with van der Waals surface area (Å²) in [4.78, 5) is 12.0. The van der Waals surface area contributed by atoms with E-state index in [1.165, 1.54) is 7.11 Å². The largest absolute Gasteiger partial charge is 0.504 e. The van der Waals surface area contributed by atoms with Gasteiger partial charge in [0.1, 0.15) is 11.4 Å². The Bertz CT molecular complexity index is 761. The number of aromatic hydroxyl groups is 1. The topological polar surface area (TPSA) is 55.3 Å². The number of hydrogen-bond acceptors (Lipinski definition) is 3. The number of nitrogens with zero attached hydrogens (tertiary/aromatic N) is 2. The lowest BCUT2D eigenvalue weighted by Crippen LogP contribution is -2.53. The van der Waals surface area contributed by atoms with E-state index in [2.05, 4.69) is 0 Å². The molecule has 0 bridgehead atoms. The maximum absolute atomic E-state index is 12.0. The van der Waals surface area contributed by atoms with Gasteiger partial charge in [0.05, 0.1) is 21.2 Å². The van der Waals surface area contributed by atoms with E-state index in [0.717, 1.165) is 17.0 Å². The van der Waals surface area contributed by atoms with Gasteiger partial charge in [0.25, 0.3) is 0 Å². The molecule has 1 aromatic heterocycles. The third-order valence-electron chi connectivity index (χ3n) is 3.51. The van der Waals surface area contributed by atoms with Gasteiger partial charge in [0.2, 0.25) is 0 Å². The van der Waals surface area contributed by atoms with E-state index in [1.807, 2.05) is 31.2 Å². The summed E-state index contributed by atoms with van der Waals surface area (Å²) in [7, 11) is 4.97. The van der Waals surface area contributed by atoms with Crippen LogP contribution in [0.1, 0.15) is 17.0 Å². The molecule has 0 unspecified atom stereocenters. The van der Waals surface area contributed by atoms with Gasteiger partial charge in [-0.2, -0.15) is 13.9 Å². The molecule has 5 heteroatoms. The lowest BCUT2D eigenvalue weighted by Gasteiger charge is -2.06. The number of para-hydroxylation sites is 1. The molecule has 0 amide bonds. The van der Waals surface area contributed by atoms with E-state index < -0.39 is 0 Å². The zero-order chi connectivity index (χ0) is 15.6. The standard InChI is InChI=1S/C16H18N2O3/c1-11-10-13(18(3)16(20)17(11)2)9-8-12-6-5-7-14(19)15(12)21-4/h5-10H,1-4H3/p+1. The van der Waals surface area contributed by atoms with Crippen molar-refractivity contribution in [3.63, 3.8) is 0 Å². The third-order valence-corrected chi connectivity index (χ3v) is 3.51. The van der Waals surface area contributed by atoms with Crippen molar-refractivity contribution in [2.45, 2.75) is 6.92 Å². The van der Waals surface area contributed by atoms with Crippen molar-refractivity contribution < 1.29 is 14.4 Å². The molecule has 0 radical (unpaired) electrons. The maximum atomic E-state index is 12.0. The zero-order valence-corrected chi connectivity index (χ0v) is 12.6. The van der Waals surface area contributed by atoms with Gasteiger partial charge in [-0.15, -0.1) is 0 Å². The zero-order valence-electron chi connectivity index (χ0n) is 12.6. The Morgan fingerprint density at radius 1 is 1.33 bits per heavy atom. The minimum Gasteiger partial charge on any atom is -0.504 e. The molecule has 21 heavy (non-hydrogen) atoms. The van der Waals surface area contributed by atoms with E-state index >= 15 is 0 Å². The second kappa shape index (κ2) is 5.83. The highest BCUT2D eigenvalue weighted by atomic mass is 16.5. The number of rotatable bonds is 3. The molecule has 1 aromatic carbocycles. The summed E-state index contributed by atoms with van der Waals surface area (Å²) in [5, 5.41) is 9.75. The summed E-state index contributed by atoms with van der Waals surface area (Å²) in [5.41, 5.74) is 2.31. The minimum absolute atomic E-state index is 0.0856. The fraction of sp³-hybridized carbons (Fsp3) is 0.250. The predicted octanol–water partition coefficient (Wildman–Crippen LogP) is 1.40. The Kier molecular flexibility index (Phi) is 4.12. The van der Waals surface area contributed by atoms with Crippen LogP contribution in [0.5, 0.6) is 11.5 Å². The van der Waals surface area contributed by atoms with Crippen LogP contribution in [0.2, 0.25) is 0 Å². The van der Waals surface area contributed by atoms with Crippen molar-refractivity contribution in [1.29, 1.82) is 0 Å². The SMILES string of the molecule is COc1c(O)cccc1C=Cc1cc(C)n(C)c(=O)[n+]1C.